The van der Waals surface area contributed by atoms with E-state index in [-0.39, 0.29) is 12.5 Å². The van der Waals surface area contributed by atoms with Gasteiger partial charge in [0.2, 0.25) is 10.0 Å². The Morgan fingerprint density at radius 2 is 2.00 bits per heavy atom. The van der Waals surface area contributed by atoms with E-state index in [9.17, 15) is 17.2 Å². The summed E-state index contributed by atoms with van der Waals surface area (Å²) < 4.78 is 52.8. The molecule has 1 heterocycles. The molecule has 1 atom stereocenters. The molecule has 0 aliphatic carbocycles. The molecule has 1 aliphatic rings. The molecule has 0 bridgehead atoms. The molecule has 1 unspecified atom stereocenters. The highest BCUT2D eigenvalue weighted by Crippen LogP contribution is 2.23. The van der Waals surface area contributed by atoms with Crippen molar-refractivity contribution < 1.29 is 17.2 Å². The van der Waals surface area contributed by atoms with Crippen LogP contribution >= 0.6 is 0 Å². The third kappa shape index (κ3) is 3.16. The maximum Gasteiger partial charge on any atom is 0.248 e. The van der Waals surface area contributed by atoms with Gasteiger partial charge in [0.25, 0.3) is 0 Å². The van der Waals surface area contributed by atoms with Crippen molar-refractivity contribution in [3.05, 3.63) is 29.8 Å². The second kappa shape index (κ2) is 6.15. The first kappa shape index (κ1) is 15.3. The highest BCUT2D eigenvalue weighted by atomic mass is 32.2. The molecule has 1 fully saturated rings. The van der Waals surface area contributed by atoms with E-state index in [0.717, 1.165) is 48.4 Å². The molecule has 112 valence electrons. The van der Waals surface area contributed by atoms with Crippen molar-refractivity contribution in [3.8, 4) is 0 Å². The predicted octanol–water partition coefficient (Wildman–Crippen LogP) is 1.58. The summed E-state index contributed by atoms with van der Waals surface area (Å²) in [5.41, 5.74) is 0. The topological polar surface area (TPSA) is 49.4 Å². The van der Waals surface area contributed by atoms with Crippen LogP contribution < -0.4 is 5.32 Å². The van der Waals surface area contributed by atoms with Crippen LogP contribution in [-0.2, 0) is 10.0 Å². The molecular weight excluding hydrogens is 286 g/mol. The molecule has 20 heavy (non-hydrogen) atoms. The zero-order valence-corrected chi connectivity index (χ0v) is 12.1. The van der Waals surface area contributed by atoms with Crippen LogP contribution in [0.5, 0.6) is 0 Å². The first-order valence-electron chi connectivity index (χ1n) is 6.54. The van der Waals surface area contributed by atoms with Gasteiger partial charge in [-0.3, -0.25) is 0 Å². The van der Waals surface area contributed by atoms with Crippen LogP contribution in [-0.4, -0.2) is 39.4 Å². The first-order valence-corrected chi connectivity index (χ1v) is 7.98. The summed E-state index contributed by atoms with van der Waals surface area (Å²) in [6.07, 6.45) is 1.89. The maximum absolute atomic E-state index is 13.6. The zero-order chi connectivity index (χ0) is 14.8. The van der Waals surface area contributed by atoms with Crippen molar-refractivity contribution in [2.45, 2.75) is 17.7 Å². The van der Waals surface area contributed by atoms with Crippen molar-refractivity contribution in [2.24, 2.45) is 5.92 Å². The average Bonchev–Trinajstić information content (AvgIpc) is 2.39. The van der Waals surface area contributed by atoms with Gasteiger partial charge in [-0.1, -0.05) is 6.07 Å². The second-order valence-electron chi connectivity index (χ2n) is 5.05. The Labute approximate surface area is 117 Å². The van der Waals surface area contributed by atoms with Crippen LogP contribution in [0.4, 0.5) is 8.78 Å². The average molecular weight is 304 g/mol. The van der Waals surface area contributed by atoms with E-state index < -0.39 is 26.6 Å². The SMILES string of the molecule is CN(CC1CCCNC1)S(=O)(=O)c1c(F)cccc1F. The summed E-state index contributed by atoms with van der Waals surface area (Å²) in [7, 11) is -2.79. The summed E-state index contributed by atoms with van der Waals surface area (Å²) >= 11 is 0. The minimum Gasteiger partial charge on any atom is -0.316 e. The van der Waals surface area contributed by atoms with Gasteiger partial charge in [-0.15, -0.1) is 0 Å². The quantitative estimate of drug-likeness (QED) is 0.919. The third-order valence-electron chi connectivity index (χ3n) is 3.50. The molecule has 7 heteroatoms. The number of hydrogen-bond donors (Lipinski definition) is 1. The van der Waals surface area contributed by atoms with Gasteiger partial charge in [0.15, 0.2) is 4.90 Å². The highest BCUT2D eigenvalue weighted by molar-refractivity contribution is 7.89. The molecule has 1 aromatic rings. The first-order chi connectivity index (χ1) is 9.43. The second-order valence-corrected chi connectivity index (χ2v) is 7.03. The van der Waals surface area contributed by atoms with Crippen molar-refractivity contribution in [1.82, 2.24) is 9.62 Å². The van der Waals surface area contributed by atoms with E-state index >= 15 is 0 Å². The van der Waals surface area contributed by atoms with E-state index in [1.54, 1.807) is 0 Å². The van der Waals surface area contributed by atoms with Gasteiger partial charge >= 0.3 is 0 Å². The van der Waals surface area contributed by atoms with Gasteiger partial charge in [-0.2, -0.15) is 0 Å². The summed E-state index contributed by atoms with van der Waals surface area (Å²) in [4.78, 5) is -0.869. The number of rotatable bonds is 4. The van der Waals surface area contributed by atoms with Crippen molar-refractivity contribution >= 4 is 10.0 Å². The van der Waals surface area contributed by atoms with E-state index in [1.807, 2.05) is 0 Å². The van der Waals surface area contributed by atoms with Crippen LogP contribution in [0.15, 0.2) is 23.1 Å². The Balaban J connectivity index is 2.21. The monoisotopic (exact) mass is 304 g/mol. The molecule has 1 aliphatic heterocycles. The summed E-state index contributed by atoms with van der Waals surface area (Å²) in [6, 6.07) is 3.05. The van der Waals surface area contributed by atoms with E-state index in [0.29, 0.717) is 0 Å². The standard InChI is InChI=1S/C13H18F2N2O2S/c1-17(9-10-4-3-7-16-8-10)20(18,19)13-11(14)5-2-6-12(13)15/h2,5-6,10,16H,3-4,7-9H2,1H3. The van der Waals surface area contributed by atoms with Crippen LogP contribution in [0.2, 0.25) is 0 Å². The fourth-order valence-corrected chi connectivity index (χ4v) is 3.77. The van der Waals surface area contributed by atoms with Crippen molar-refractivity contribution in [1.29, 1.82) is 0 Å². The number of nitrogens with zero attached hydrogens (tertiary/aromatic N) is 1. The lowest BCUT2D eigenvalue weighted by Crippen LogP contribution is -2.39. The van der Waals surface area contributed by atoms with Gasteiger partial charge < -0.3 is 5.32 Å². The van der Waals surface area contributed by atoms with Gasteiger partial charge in [-0.25, -0.2) is 21.5 Å². The smallest absolute Gasteiger partial charge is 0.248 e. The lowest BCUT2D eigenvalue weighted by molar-refractivity contribution is 0.313. The number of hydrogen-bond acceptors (Lipinski definition) is 3. The number of halogens is 2. The van der Waals surface area contributed by atoms with Gasteiger partial charge in [0.05, 0.1) is 0 Å². The normalized spacial score (nSPS) is 20.3. The number of sulfonamides is 1. The molecule has 1 N–H and O–H groups in total. The van der Waals surface area contributed by atoms with Gasteiger partial charge in [-0.05, 0) is 44.0 Å². The van der Waals surface area contributed by atoms with E-state index in [1.165, 1.54) is 7.05 Å². The number of benzene rings is 1. The lowest BCUT2D eigenvalue weighted by Gasteiger charge is -2.27. The number of piperidine rings is 1. The van der Waals surface area contributed by atoms with Crippen LogP contribution in [0.3, 0.4) is 0 Å². The molecule has 4 nitrogen and oxygen atoms in total. The Hall–Kier alpha value is -1.05. The summed E-state index contributed by atoms with van der Waals surface area (Å²) in [6.45, 7) is 1.90. The molecule has 1 aromatic carbocycles. The zero-order valence-electron chi connectivity index (χ0n) is 11.3. The molecule has 0 aromatic heterocycles. The third-order valence-corrected chi connectivity index (χ3v) is 5.38. The molecule has 2 rings (SSSR count). The molecular formula is C13H18F2N2O2S. The molecule has 0 spiro atoms. The maximum atomic E-state index is 13.6. The van der Waals surface area contributed by atoms with Crippen LogP contribution in [0.1, 0.15) is 12.8 Å². The Kier molecular flexibility index (Phi) is 4.72. The van der Waals surface area contributed by atoms with Crippen LogP contribution in [0, 0.1) is 17.6 Å². The van der Waals surface area contributed by atoms with E-state index in [4.69, 9.17) is 0 Å². The Morgan fingerprint density at radius 3 is 2.55 bits per heavy atom. The summed E-state index contributed by atoms with van der Waals surface area (Å²) in [5.74, 6) is -1.95. The molecule has 0 saturated carbocycles. The molecule has 0 amide bonds. The number of nitrogens with one attached hydrogen (secondary N) is 1. The summed E-state index contributed by atoms with van der Waals surface area (Å²) in [5, 5.41) is 3.18. The van der Waals surface area contributed by atoms with Crippen molar-refractivity contribution in [2.75, 3.05) is 26.7 Å². The fourth-order valence-electron chi connectivity index (χ4n) is 2.43. The van der Waals surface area contributed by atoms with Gasteiger partial charge in [0.1, 0.15) is 11.6 Å². The van der Waals surface area contributed by atoms with Crippen molar-refractivity contribution in [3.63, 3.8) is 0 Å². The molecule has 1 saturated heterocycles. The Bertz CT molecular complexity index is 551. The largest absolute Gasteiger partial charge is 0.316 e. The Morgan fingerprint density at radius 1 is 1.35 bits per heavy atom. The minimum absolute atomic E-state index is 0.165. The highest BCUT2D eigenvalue weighted by Gasteiger charge is 2.30. The minimum atomic E-state index is -4.14. The predicted molar refractivity (Wildman–Crippen MR) is 71.8 cm³/mol. The molecule has 0 radical (unpaired) electrons. The van der Waals surface area contributed by atoms with Crippen LogP contribution in [0.25, 0.3) is 0 Å². The van der Waals surface area contributed by atoms with E-state index in [2.05, 4.69) is 5.32 Å². The lowest BCUT2D eigenvalue weighted by atomic mass is 10.00. The fraction of sp³-hybridized carbons (Fsp3) is 0.538. The van der Waals surface area contributed by atoms with Gasteiger partial charge in [0, 0.05) is 13.6 Å².